The number of halogens is 6. The van der Waals surface area contributed by atoms with Gasteiger partial charge in [0, 0.05) is 11.1 Å². The maximum absolute atomic E-state index is 12.4. The second kappa shape index (κ2) is 5.07. The lowest BCUT2D eigenvalue weighted by molar-refractivity contribution is -0.172. The van der Waals surface area contributed by atoms with Crippen LogP contribution in [0, 0.1) is 0 Å². The molecular formula is C12H8F6O. The minimum absolute atomic E-state index is 0.231. The van der Waals surface area contributed by atoms with Gasteiger partial charge in [-0.3, -0.25) is 4.79 Å². The van der Waals surface area contributed by atoms with Crippen LogP contribution in [0.1, 0.15) is 17.3 Å². The van der Waals surface area contributed by atoms with Crippen molar-refractivity contribution in [1.29, 1.82) is 0 Å². The molecule has 0 atom stereocenters. The number of carbonyl (C=O) groups excluding carboxylic acids is 1. The summed E-state index contributed by atoms with van der Waals surface area (Å²) < 4.78 is 74.5. The molecule has 0 radical (unpaired) electrons. The molecule has 19 heavy (non-hydrogen) atoms. The highest BCUT2D eigenvalue weighted by molar-refractivity contribution is 6.09. The molecule has 0 aliphatic heterocycles. The molecule has 0 N–H and O–H groups in total. The number of Topliss-reactive ketones (excluding diaryl/α,β-unsaturated/α-hetero) is 1. The van der Waals surface area contributed by atoms with Crippen LogP contribution in [0.4, 0.5) is 26.3 Å². The molecule has 1 rings (SSSR count). The second-order valence-corrected chi connectivity index (χ2v) is 3.69. The molecule has 0 fully saturated rings. The maximum atomic E-state index is 12.4. The second-order valence-electron chi connectivity index (χ2n) is 3.69. The molecule has 7 heteroatoms. The van der Waals surface area contributed by atoms with Gasteiger partial charge in [0.1, 0.15) is 5.57 Å². The van der Waals surface area contributed by atoms with Gasteiger partial charge in [-0.15, -0.1) is 0 Å². The van der Waals surface area contributed by atoms with E-state index in [1.807, 2.05) is 0 Å². The first-order valence-electron chi connectivity index (χ1n) is 5.00. The summed E-state index contributed by atoms with van der Waals surface area (Å²) in [5.74, 6) is -1.30. The summed E-state index contributed by atoms with van der Waals surface area (Å²) in [5, 5.41) is 0. The third-order valence-electron chi connectivity index (χ3n) is 2.32. The summed E-state index contributed by atoms with van der Waals surface area (Å²) in [7, 11) is 0. The van der Waals surface area contributed by atoms with E-state index in [9.17, 15) is 31.1 Å². The number of carbonyl (C=O) groups is 1. The quantitative estimate of drug-likeness (QED) is 0.449. The zero-order valence-electron chi connectivity index (χ0n) is 9.56. The van der Waals surface area contributed by atoms with Crippen molar-refractivity contribution in [3.63, 3.8) is 0 Å². The van der Waals surface area contributed by atoms with Crippen molar-refractivity contribution in [3.8, 4) is 0 Å². The number of alkyl halides is 6. The van der Waals surface area contributed by atoms with Gasteiger partial charge in [-0.1, -0.05) is 30.3 Å². The molecule has 1 aromatic carbocycles. The van der Waals surface area contributed by atoms with Crippen LogP contribution in [0.15, 0.2) is 41.5 Å². The van der Waals surface area contributed by atoms with Crippen LogP contribution in [-0.2, 0) is 0 Å². The Morgan fingerprint density at radius 3 is 1.68 bits per heavy atom. The van der Waals surface area contributed by atoms with Crippen molar-refractivity contribution in [2.75, 3.05) is 0 Å². The SMILES string of the molecule is CC(C(=O)c1ccccc1)=C(C(F)(F)F)C(F)(F)F. The number of ketones is 1. The topological polar surface area (TPSA) is 17.1 Å². The van der Waals surface area contributed by atoms with Gasteiger partial charge in [0.2, 0.25) is 0 Å². The summed E-state index contributed by atoms with van der Waals surface area (Å²) in [6, 6.07) is 6.49. The Labute approximate surface area is 104 Å². The summed E-state index contributed by atoms with van der Waals surface area (Å²) >= 11 is 0. The summed E-state index contributed by atoms with van der Waals surface area (Å²) in [5.41, 5.74) is -4.37. The van der Waals surface area contributed by atoms with Crippen LogP contribution in [0.5, 0.6) is 0 Å². The fraction of sp³-hybridized carbons (Fsp3) is 0.250. The predicted octanol–water partition coefficient (Wildman–Crippen LogP) is 4.31. The van der Waals surface area contributed by atoms with Gasteiger partial charge in [-0.2, -0.15) is 26.3 Å². The van der Waals surface area contributed by atoms with Crippen molar-refractivity contribution < 1.29 is 31.1 Å². The molecule has 104 valence electrons. The molecule has 0 aromatic heterocycles. The Hall–Kier alpha value is -1.79. The van der Waals surface area contributed by atoms with Crippen molar-refractivity contribution in [2.45, 2.75) is 19.3 Å². The lowest BCUT2D eigenvalue weighted by Gasteiger charge is -2.17. The van der Waals surface area contributed by atoms with Crippen LogP contribution < -0.4 is 0 Å². The highest BCUT2D eigenvalue weighted by Crippen LogP contribution is 2.41. The molecule has 0 spiro atoms. The minimum atomic E-state index is -5.63. The average molecular weight is 282 g/mol. The highest BCUT2D eigenvalue weighted by atomic mass is 19.4. The first kappa shape index (κ1) is 15.3. The van der Waals surface area contributed by atoms with E-state index in [1.165, 1.54) is 18.2 Å². The number of hydrogen-bond donors (Lipinski definition) is 0. The van der Waals surface area contributed by atoms with Crippen LogP contribution in [0.3, 0.4) is 0 Å². The van der Waals surface area contributed by atoms with E-state index in [0.717, 1.165) is 12.1 Å². The van der Waals surface area contributed by atoms with E-state index < -0.39 is 29.3 Å². The Morgan fingerprint density at radius 1 is 0.895 bits per heavy atom. The first-order chi connectivity index (χ1) is 8.55. The van der Waals surface area contributed by atoms with E-state index >= 15 is 0 Å². The lowest BCUT2D eigenvalue weighted by atomic mass is 9.99. The largest absolute Gasteiger partial charge is 0.421 e. The third-order valence-corrected chi connectivity index (χ3v) is 2.32. The number of rotatable bonds is 2. The first-order valence-corrected chi connectivity index (χ1v) is 5.00. The summed E-state index contributed by atoms with van der Waals surface area (Å²) in [6.07, 6.45) is -11.3. The van der Waals surface area contributed by atoms with Gasteiger partial charge in [0.15, 0.2) is 5.78 Å². The summed E-state index contributed by atoms with van der Waals surface area (Å²) in [6.45, 7) is 0.519. The molecule has 0 bridgehead atoms. The van der Waals surface area contributed by atoms with Gasteiger partial charge in [0.05, 0.1) is 0 Å². The number of allylic oxidation sites excluding steroid dienone is 2. The van der Waals surface area contributed by atoms with E-state index in [0.29, 0.717) is 6.92 Å². The van der Waals surface area contributed by atoms with Crippen LogP contribution in [0.25, 0.3) is 0 Å². The normalized spacial score (nSPS) is 12.2. The van der Waals surface area contributed by atoms with E-state index in [-0.39, 0.29) is 5.56 Å². The van der Waals surface area contributed by atoms with Crippen LogP contribution in [0.2, 0.25) is 0 Å². The average Bonchev–Trinajstić information content (AvgIpc) is 2.25. The highest BCUT2D eigenvalue weighted by Gasteiger charge is 2.53. The van der Waals surface area contributed by atoms with Crippen molar-refractivity contribution in [3.05, 3.63) is 47.0 Å². The fourth-order valence-electron chi connectivity index (χ4n) is 1.51. The molecule has 1 nitrogen and oxygen atoms in total. The zero-order valence-corrected chi connectivity index (χ0v) is 9.56. The summed E-state index contributed by atoms with van der Waals surface area (Å²) in [4.78, 5) is 11.6. The Balaban J connectivity index is 3.37. The molecule has 1 aromatic rings. The molecular weight excluding hydrogens is 274 g/mol. The Morgan fingerprint density at radius 2 is 1.32 bits per heavy atom. The predicted molar refractivity (Wildman–Crippen MR) is 55.6 cm³/mol. The van der Waals surface area contributed by atoms with Gasteiger partial charge in [0.25, 0.3) is 0 Å². The monoisotopic (exact) mass is 282 g/mol. The van der Waals surface area contributed by atoms with E-state index in [4.69, 9.17) is 0 Å². The Bertz CT molecular complexity index is 479. The number of hydrogen-bond acceptors (Lipinski definition) is 1. The van der Waals surface area contributed by atoms with Crippen LogP contribution in [-0.4, -0.2) is 18.1 Å². The lowest BCUT2D eigenvalue weighted by Crippen LogP contribution is -2.29. The smallest absolute Gasteiger partial charge is 0.289 e. The minimum Gasteiger partial charge on any atom is -0.289 e. The van der Waals surface area contributed by atoms with Gasteiger partial charge < -0.3 is 0 Å². The van der Waals surface area contributed by atoms with Crippen molar-refractivity contribution in [2.24, 2.45) is 0 Å². The van der Waals surface area contributed by atoms with Gasteiger partial charge >= 0.3 is 12.4 Å². The van der Waals surface area contributed by atoms with E-state index in [1.54, 1.807) is 0 Å². The standard InChI is InChI=1S/C12H8F6O/c1-7(9(19)8-5-3-2-4-6-8)10(11(13,14)15)12(16,17)18/h2-6H,1H3. The molecule has 0 unspecified atom stereocenters. The molecule has 0 saturated heterocycles. The molecule has 0 aliphatic carbocycles. The van der Waals surface area contributed by atoms with Crippen molar-refractivity contribution in [1.82, 2.24) is 0 Å². The molecule has 0 saturated carbocycles. The molecule has 0 aliphatic rings. The molecule has 0 amide bonds. The van der Waals surface area contributed by atoms with Crippen molar-refractivity contribution >= 4 is 5.78 Å². The number of benzene rings is 1. The van der Waals surface area contributed by atoms with Gasteiger partial charge in [-0.25, -0.2) is 0 Å². The van der Waals surface area contributed by atoms with Gasteiger partial charge in [-0.05, 0) is 6.92 Å². The fourth-order valence-corrected chi connectivity index (χ4v) is 1.51. The van der Waals surface area contributed by atoms with E-state index in [2.05, 4.69) is 0 Å². The Kier molecular flexibility index (Phi) is 4.07. The molecule has 0 heterocycles. The third kappa shape index (κ3) is 3.59. The van der Waals surface area contributed by atoms with Crippen LogP contribution >= 0.6 is 0 Å². The zero-order chi connectivity index (χ0) is 14.8. The maximum Gasteiger partial charge on any atom is 0.421 e.